The molecule has 1 saturated heterocycles. The number of nitrogens with zero attached hydrogens (tertiary/aromatic N) is 2. The van der Waals surface area contributed by atoms with Gasteiger partial charge >= 0.3 is 0 Å². The smallest absolute Gasteiger partial charge is 0.270 e. The second-order valence-corrected chi connectivity index (χ2v) is 9.48. The average Bonchev–Trinajstić information content (AvgIpc) is 3.41. The molecule has 1 aromatic heterocycles. The molecular formula is C24H19ClN2O6S2. The van der Waals surface area contributed by atoms with Crippen LogP contribution in [0.5, 0.6) is 11.5 Å². The first-order chi connectivity index (χ1) is 16.8. The number of furan rings is 1. The van der Waals surface area contributed by atoms with Crippen molar-refractivity contribution in [3.63, 3.8) is 0 Å². The summed E-state index contributed by atoms with van der Waals surface area (Å²) in [6, 6.07) is 13.2. The maximum absolute atomic E-state index is 13.0. The van der Waals surface area contributed by atoms with Gasteiger partial charge in [-0.15, -0.1) is 0 Å². The van der Waals surface area contributed by atoms with Gasteiger partial charge in [0.1, 0.15) is 15.8 Å². The van der Waals surface area contributed by atoms with Gasteiger partial charge in [-0.05, 0) is 42.3 Å². The number of carbonyl (C=O) groups excluding carboxylic acids is 1. The van der Waals surface area contributed by atoms with E-state index < -0.39 is 4.92 Å². The summed E-state index contributed by atoms with van der Waals surface area (Å²) in [7, 11) is 3.15. The lowest BCUT2D eigenvalue weighted by atomic mass is 10.1. The van der Waals surface area contributed by atoms with Crippen LogP contribution in [0.4, 0.5) is 5.69 Å². The Hall–Kier alpha value is -3.34. The Morgan fingerprint density at radius 1 is 1.14 bits per heavy atom. The first-order valence-electron chi connectivity index (χ1n) is 10.3. The van der Waals surface area contributed by atoms with Crippen LogP contribution in [-0.2, 0) is 11.2 Å². The second kappa shape index (κ2) is 10.5. The van der Waals surface area contributed by atoms with Crippen LogP contribution in [0.3, 0.4) is 0 Å². The number of non-ortho nitro benzene ring substituents is 1. The minimum absolute atomic E-state index is 0.109. The molecule has 0 bridgehead atoms. The van der Waals surface area contributed by atoms with Crippen LogP contribution in [0, 0.1) is 10.1 Å². The molecule has 2 heterocycles. The number of nitro groups is 1. The molecule has 1 aliphatic rings. The molecule has 0 saturated carbocycles. The van der Waals surface area contributed by atoms with E-state index in [-0.39, 0.29) is 16.6 Å². The summed E-state index contributed by atoms with van der Waals surface area (Å²) >= 11 is 12.8. The largest absolute Gasteiger partial charge is 0.493 e. The zero-order valence-corrected chi connectivity index (χ0v) is 21.0. The van der Waals surface area contributed by atoms with E-state index in [9.17, 15) is 14.9 Å². The van der Waals surface area contributed by atoms with E-state index in [1.54, 1.807) is 37.3 Å². The number of hydrogen-bond donors (Lipinski definition) is 0. The van der Waals surface area contributed by atoms with Crippen LogP contribution in [0.25, 0.3) is 17.4 Å². The molecule has 0 radical (unpaired) electrons. The van der Waals surface area contributed by atoms with Crippen molar-refractivity contribution in [1.82, 2.24) is 4.90 Å². The van der Waals surface area contributed by atoms with E-state index >= 15 is 0 Å². The summed E-state index contributed by atoms with van der Waals surface area (Å²) in [6.45, 7) is 0.416. The summed E-state index contributed by atoms with van der Waals surface area (Å²) in [4.78, 5) is 25.4. The molecule has 35 heavy (non-hydrogen) atoms. The molecule has 0 aliphatic carbocycles. The normalized spacial score (nSPS) is 14.6. The average molecular weight is 531 g/mol. The fourth-order valence-electron chi connectivity index (χ4n) is 3.49. The Morgan fingerprint density at radius 2 is 1.91 bits per heavy atom. The zero-order valence-electron chi connectivity index (χ0n) is 18.6. The third kappa shape index (κ3) is 5.34. The predicted octanol–water partition coefficient (Wildman–Crippen LogP) is 5.97. The van der Waals surface area contributed by atoms with Crippen LogP contribution in [0.2, 0.25) is 5.02 Å². The third-order valence-electron chi connectivity index (χ3n) is 5.27. The number of nitro benzene ring substituents is 1. The van der Waals surface area contributed by atoms with Crippen LogP contribution in [0.1, 0.15) is 11.3 Å². The summed E-state index contributed by atoms with van der Waals surface area (Å²) < 4.78 is 16.9. The molecule has 0 N–H and O–H groups in total. The Kier molecular flexibility index (Phi) is 7.44. The van der Waals surface area contributed by atoms with Crippen molar-refractivity contribution in [3.05, 3.63) is 79.9 Å². The molecule has 2 aromatic carbocycles. The van der Waals surface area contributed by atoms with Crippen LogP contribution in [0.15, 0.2) is 57.9 Å². The number of carbonyl (C=O) groups is 1. The number of ether oxygens (including phenoxy) is 2. The molecule has 3 aromatic rings. The van der Waals surface area contributed by atoms with Gasteiger partial charge < -0.3 is 13.9 Å². The molecule has 1 amide bonds. The molecular weight excluding hydrogens is 512 g/mol. The van der Waals surface area contributed by atoms with E-state index in [4.69, 9.17) is 37.7 Å². The Labute approximate surface area is 215 Å². The number of methoxy groups -OCH3 is 2. The predicted molar refractivity (Wildman–Crippen MR) is 139 cm³/mol. The van der Waals surface area contributed by atoms with Crippen molar-refractivity contribution in [2.24, 2.45) is 0 Å². The van der Waals surface area contributed by atoms with Crippen molar-refractivity contribution in [3.8, 4) is 22.8 Å². The fraction of sp³-hybridized carbons (Fsp3) is 0.167. The Bertz CT molecular complexity index is 1350. The van der Waals surface area contributed by atoms with E-state index in [2.05, 4.69) is 0 Å². The minimum Gasteiger partial charge on any atom is -0.493 e. The van der Waals surface area contributed by atoms with Gasteiger partial charge in [-0.2, -0.15) is 0 Å². The highest BCUT2D eigenvalue weighted by atomic mass is 35.5. The highest BCUT2D eigenvalue weighted by Gasteiger charge is 2.32. The van der Waals surface area contributed by atoms with Crippen LogP contribution < -0.4 is 9.47 Å². The minimum atomic E-state index is -0.518. The van der Waals surface area contributed by atoms with Gasteiger partial charge in [0.25, 0.3) is 11.6 Å². The number of amides is 1. The van der Waals surface area contributed by atoms with E-state index in [1.807, 2.05) is 18.2 Å². The molecule has 0 spiro atoms. The molecule has 8 nitrogen and oxygen atoms in total. The second-order valence-electron chi connectivity index (χ2n) is 7.40. The van der Waals surface area contributed by atoms with Gasteiger partial charge in [0.2, 0.25) is 0 Å². The van der Waals surface area contributed by atoms with Gasteiger partial charge in [-0.1, -0.05) is 41.6 Å². The molecule has 11 heteroatoms. The number of rotatable bonds is 8. The van der Waals surface area contributed by atoms with Gasteiger partial charge in [0, 0.05) is 30.3 Å². The lowest BCUT2D eigenvalue weighted by molar-refractivity contribution is -0.384. The number of thiocarbonyl (C=S) groups is 1. The third-order valence-corrected chi connectivity index (χ3v) is 6.97. The molecule has 4 rings (SSSR count). The lowest BCUT2D eigenvalue weighted by Crippen LogP contribution is -2.30. The SMILES string of the molecule is COc1ccc(CCN2C(=O)/C(=C\c3ccc(-c4ccc([N+](=O)[O-])cc4Cl)o3)SC2=S)cc1OC. The monoisotopic (exact) mass is 530 g/mol. The molecule has 0 atom stereocenters. The zero-order chi connectivity index (χ0) is 25.1. The lowest BCUT2D eigenvalue weighted by Gasteiger charge is -2.15. The summed E-state index contributed by atoms with van der Waals surface area (Å²) in [6.07, 6.45) is 2.21. The van der Waals surface area contributed by atoms with E-state index in [1.165, 1.54) is 30.0 Å². The van der Waals surface area contributed by atoms with Crippen molar-refractivity contribution >= 4 is 57.6 Å². The molecule has 1 aliphatic heterocycles. The van der Waals surface area contributed by atoms with Crippen molar-refractivity contribution in [2.45, 2.75) is 6.42 Å². The molecule has 1 fully saturated rings. The topological polar surface area (TPSA) is 95.0 Å². The Morgan fingerprint density at radius 3 is 2.60 bits per heavy atom. The first kappa shape index (κ1) is 24.8. The summed E-state index contributed by atoms with van der Waals surface area (Å²) in [5.41, 5.74) is 1.39. The van der Waals surface area contributed by atoms with Gasteiger partial charge in [-0.3, -0.25) is 19.8 Å². The van der Waals surface area contributed by atoms with Crippen LogP contribution in [-0.4, -0.2) is 40.8 Å². The summed E-state index contributed by atoms with van der Waals surface area (Å²) in [5, 5.41) is 11.1. The molecule has 0 unspecified atom stereocenters. The fourth-order valence-corrected chi connectivity index (χ4v) is 5.05. The first-order valence-corrected chi connectivity index (χ1v) is 11.9. The number of benzene rings is 2. The standard InChI is InChI=1S/C24H19ClN2O6S2/c1-31-20-7-3-14(11-21(20)32-2)9-10-26-23(28)22(35-24(26)34)13-16-5-8-19(33-16)17-6-4-15(27(29)30)12-18(17)25/h3-8,11-13H,9-10H2,1-2H3/b22-13+. The number of halogens is 1. The van der Waals surface area contributed by atoms with Crippen LogP contribution >= 0.6 is 35.6 Å². The van der Waals surface area contributed by atoms with E-state index in [0.717, 1.165) is 5.56 Å². The van der Waals surface area contributed by atoms with Crippen molar-refractivity contribution < 1.29 is 23.6 Å². The van der Waals surface area contributed by atoms with Gasteiger partial charge in [0.05, 0.1) is 29.1 Å². The number of thioether (sulfide) groups is 1. The van der Waals surface area contributed by atoms with Gasteiger partial charge in [-0.25, -0.2) is 0 Å². The highest BCUT2D eigenvalue weighted by Crippen LogP contribution is 2.36. The quantitative estimate of drug-likeness (QED) is 0.152. The summed E-state index contributed by atoms with van der Waals surface area (Å²) in [5.74, 6) is 1.93. The highest BCUT2D eigenvalue weighted by molar-refractivity contribution is 8.26. The molecule has 180 valence electrons. The van der Waals surface area contributed by atoms with E-state index in [0.29, 0.717) is 50.8 Å². The maximum atomic E-state index is 13.0. The Balaban J connectivity index is 1.47. The van der Waals surface area contributed by atoms with Gasteiger partial charge in [0.15, 0.2) is 11.5 Å². The van der Waals surface area contributed by atoms with Crippen molar-refractivity contribution in [2.75, 3.05) is 20.8 Å². The maximum Gasteiger partial charge on any atom is 0.270 e. The van der Waals surface area contributed by atoms with Crippen molar-refractivity contribution in [1.29, 1.82) is 0 Å². The number of hydrogen-bond acceptors (Lipinski definition) is 8.